The molecule has 0 unspecified atom stereocenters. The molecular weight excluding hydrogens is 462 g/mol. The zero-order valence-corrected chi connectivity index (χ0v) is 20.0. The first-order valence-corrected chi connectivity index (χ1v) is 12.6. The van der Waals surface area contributed by atoms with Crippen molar-refractivity contribution in [2.24, 2.45) is 0 Å². The van der Waals surface area contributed by atoms with Gasteiger partial charge < -0.3 is 9.64 Å². The Morgan fingerprint density at radius 3 is 2.72 bits per heavy atom. The average molecular weight is 484 g/mol. The summed E-state index contributed by atoms with van der Waals surface area (Å²) in [5.41, 5.74) is 1.92. The summed E-state index contributed by atoms with van der Waals surface area (Å²) in [7, 11) is 2.11. The summed E-state index contributed by atoms with van der Waals surface area (Å²) >= 11 is 9.27. The van der Waals surface area contributed by atoms with Gasteiger partial charge in [0, 0.05) is 28.7 Å². The molecule has 0 saturated heterocycles. The lowest BCUT2D eigenvalue weighted by Gasteiger charge is -2.21. The summed E-state index contributed by atoms with van der Waals surface area (Å²) in [6.07, 6.45) is 0.876. The molecule has 0 bridgehead atoms. The van der Waals surface area contributed by atoms with Gasteiger partial charge in [-0.25, -0.2) is 4.98 Å². The molecule has 0 fully saturated rings. The predicted octanol–water partition coefficient (Wildman–Crippen LogP) is 5.26. The number of fused-ring (bicyclic) bond motifs is 3. The van der Waals surface area contributed by atoms with Crippen LogP contribution in [0.4, 0.5) is 0 Å². The maximum absolute atomic E-state index is 13.7. The highest BCUT2D eigenvalue weighted by Crippen LogP contribution is 2.34. The Morgan fingerprint density at radius 1 is 1.16 bits per heavy atom. The van der Waals surface area contributed by atoms with Crippen LogP contribution in [0.3, 0.4) is 0 Å². The van der Waals surface area contributed by atoms with E-state index in [2.05, 4.69) is 11.9 Å². The molecule has 0 aliphatic carbocycles. The number of aromatic nitrogens is 2. The van der Waals surface area contributed by atoms with E-state index in [1.807, 2.05) is 42.5 Å². The molecule has 0 N–H and O–H groups in total. The molecule has 0 radical (unpaired) electrons. The van der Waals surface area contributed by atoms with Gasteiger partial charge >= 0.3 is 0 Å². The van der Waals surface area contributed by atoms with E-state index in [1.54, 1.807) is 28.0 Å². The van der Waals surface area contributed by atoms with Gasteiger partial charge in [-0.05, 0) is 55.4 Å². The molecule has 0 amide bonds. The first kappa shape index (κ1) is 21.5. The Kier molecular flexibility index (Phi) is 6.24. The maximum atomic E-state index is 13.7. The van der Waals surface area contributed by atoms with Gasteiger partial charge in [-0.15, -0.1) is 11.3 Å². The van der Waals surface area contributed by atoms with Crippen LogP contribution < -0.4 is 10.3 Å². The van der Waals surface area contributed by atoms with Gasteiger partial charge in [-0.2, -0.15) is 0 Å². The summed E-state index contributed by atoms with van der Waals surface area (Å²) in [6, 6.07) is 17.1. The number of rotatable bonds is 6. The van der Waals surface area contributed by atoms with Crippen molar-refractivity contribution >= 4 is 44.9 Å². The first-order chi connectivity index (χ1) is 15.6. The summed E-state index contributed by atoms with van der Waals surface area (Å²) < 4.78 is 7.55. The van der Waals surface area contributed by atoms with Gasteiger partial charge in [0.05, 0.1) is 17.7 Å². The topological polar surface area (TPSA) is 47.4 Å². The molecule has 5 rings (SSSR count). The zero-order chi connectivity index (χ0) is 22.1. The summed E-state index contributed by atoms with van der Waals surface area (Å²) in [6.45, 7) is 2.34. The lowest BCUT2D eigenvalue weighted by molar-refractivity contribution is 0.318. The fourth-order valence-corrected chi connectivity index (χ4v) is 6.17. The zero-order valence-electron chi connectivity index (χ0n) is 17.6. The Hall–Kier alpha value is -2.32. The molecule has 4 aromatic rings. The standard InChI is InChI=1S/C24H22ClN3O2S2/c1-27-12-11-19-20(15-27)32-22-21(19)23(29)28(17-9-7-16(25)8-10-17)24(26-22)31-14-13-30-18-5-3-2-4-6-18/h2-10H,11-15H2,1H3. The second-order valence-corrected chi connectivity index (χ2v) is 10.3. The number of ether oxygens (including phenoxy) is 1. The molecule has 3 heterocycles. The molecule has 2 aromatic carbocycles. The smallest absolute Gasteiger partial charge is 0.267 e. The van der Waals surface area contributed by atoms with E-state index in [1.165, 1.54) is 16.6 Å². The molecule has 32 heavy (non-hydrogen) atoms. The van der Waals surface area contributed by atoms with Crippen molar-refractivity contribution in [3.8, 4) is 11.4 Å². The number of benzene rings is 2. The van der Waals surface area contributed by atoms with Gasteiger partial charge in [-0.3, -0.25) is 9.36 Å². The molecule has 0 atom stereocenters. The lowest BCUT2D eigenvalue weighted by Crippen LogP contribution is -2.27. The second kappa shape index (κ2) is 9.27. The average Bonchev–Trinajstić information content (AvgIpc) is 3.16. The third-order valence-corrected chi connectivity index (χ3v) is 7.71. The SMILES string of the molecule is CN1CCc2c(sc3nc(SCCOc4ccccc4)n(-c4ccc(Cl)cc4)c(=O)c23)C1. The van der Waals surface area contributed by atoms with E-state index in [9.17, 15) is 4.79 Å². The Labute approximate surface area is 199 Å². The van der Waals surface area contributed by atoms with Crippen LogP contribution in [0.5, 0.6) is 5.75 Å². The van der Waals surface area contributed by atoms with Crippen LogP contribution in [0.2, 0.25) is 5.02 Å². The largest absolute Gasteiger partial charge is 0.493 e. The Bertz CT molecular complexity index is 1300. The molecule has 0 spiro atoms. The van der Waals surface area contributed by atoms with Crippen molar-refractivity contribution in [1.29, 1.82) is 0 Å². The fraction of sp³-hybridized carbons (Fsp3) is 0.250. The molecule has 2 aromatic heterocycles. The van der Waals surface area contributed by atoms with Crippen molar-refractivity contribution in [2.75, 3.05) is 26.0 Å². The normalized spacial score (nSPS) is 13.9. The molecule has 0 saturated carbocycles. The van der Waals surface area contributed by atoms with Crippen molar-refractivity contribution in [1.82, 2.24) is 14.5 Å². The van der Waals surface area contributed by atoms with Crippen molar-refractivity contribution in [3.05, 3.63) is 80.4 Å². The van der Waals surface area contributed by atoms with Gasteiger partial charge in [0.1, 0.15) is 10.6 Å². The van der Waals surface area contributed by atoms with E-state index < -0.39 is 0 Å². The predicted molar refractivity (Wildman–Crippen MR) is 133 cm³/mol. The third kappa shape index (κ3) is 4.30. The van der Waals surface area contributed by atoms with Crippen LogP contribution in [-0.4, -0.2) is 40.4 Å². The third-order valence-electron chi connectivity index (χ3n) is 5.45. The van der Waals surface area contributed by atoms with Crippen LogP contribution in [0, 0.1) is 0 Å². The van der Waals surface area contributed by atoms with E-state index in [0.29, 0.717) is 22.5 Å². The summed E-state index contributed by atoms with van der Waals surface area (Å²) in [4.78, 5) is 23.0. The monoisotopic (exact) mass is 483 g/mol. The van der Waals surface area contributed by atoms with Crippen molar-refractivity contribution in [3.63, 3.8) is 0 Å². The van der Waals surface area contributed by atoms with Gasteiger partial charge in [0.2, 0.25) is 0 Å². The number of hydrogen-bond donors (Lipinski definition) is 0. The molecule has 1 aliphatic heterocycles. The minimum absolute atomic E-state index is 0.00847. The molecule has 5 nitrogen and oxygen atoms in total. The van der Waals surface area contributed by atoms with E-state index in [-0.39, 0.29) is 5.56 Å². The number of nitrogens with zero attached hydrogens (tertiary/aromatic N) is 3. The van der Waals surface area contributed by atoms with Crippen LogP contribution in [0.25, 0.3) is 15.9 Å². The van der Waals surface area contributed by atoms with Crippen molar-refractivity contribution in [2.45, 2.75) is 18.1 Å². The highest BCUT2D eigenvalue weighted by Gasteiger charge is 2.24. The number of thiophene rings is 1. The number of likely N-dealkylation sites (N-methyl/N-ethyl adjacent to an activating group) is 1. The van der Waals surface area contributed by atoms with Crippen molar-refractivity contribution < 1.29 is 4.74 Å². The maximum Gasteiger partial charge on any atom is 0.267 e. The number of hydrogen-bond acceptors (Lipinski definition) is 6. The Balaban J connectivity index is 1.52. The number of para-hydroxylation sites is 1. The molecule has 164 valence electrons. The van der Waals surface area contributed by atoms with Gasteiger partial charge in [0.15, 0.2) is 5.16 Å². The first-order valence-electron chi connectivity index (χ1n) is 10.4. The Morgan fingerprint density at radius 2 is 1.94 bits per heavy atom. The number of halogens is 1. The van der Waals surface area contributed by atoms with Crippen LogP contribution in [0.15, 0.2) is 64.5 Å². The van der Waals surface area contributed by atoms with Crippen LogP contribution >= 0.6 is 34.7 Å². The molecule has 8 heteroatoms. The number of thioether (sulfide) groups is 1. The lowest BCUT2D eigenvalue weighted by atomic mass is 10.1. The summed E-state index contributed by atoms with van der Waals surface area (Å²) in [5, 5.41) is 2.07. The van der Waals surface area contributed by atoms with E-state index in [0.717, 1.165) is 46.7 Å². The highest BCUT2D eigenvalue weighted by molar-refractivity contribution is 7.99. The van der Waals surface area contributed by atoms with Gasteiger partial charge in [-0.1, -0.05) is 41.6 Å². The summed E-state index contributed by atoms with van der Waals surface area (Å²) in [5.74, 6) is 1.51. The minimum Gasteiger partial charge on any atom is -0.493 e. The quantitative estimate of drug-likeness (QED) is 0.213. The van der Waals surface area contributed by atoms with E-state index in [4.69, 9.17) is 21.3 Å². The van der Waals surface area contributed by atoms with Crippen LogP contribution in [0.1, 0.15) is 10.4 Å². The highest BCUT2D eigenvalue weighted by atomic mass is 35.5. The fourth-order valence-electron chi connectivity index (χ4n) is 3.88. The van der Waals surface area contributed by atoms with Gasteiger partial charge in [0.25, 0.3) is 5.56 Å². The van der Waals surface area contributed by atoms with Crippen LogP contribution in [-0.2, 0) is 13.0 Å². The molecule has 1 aliphatic rings. The van der Waals surface area contributed by atoms with E-state index >= 15 is 0 Å². The second-order valence-electron chi connectivity index (χ2n) is 7.69. The minimum atomic E-state index is -0.00847. The molecular formula is C24H22ClN3O2S2.